The highest BCUT2D eigenvalue weighted by atomic mass is 16.5. The number of fused-ring (bicyclic) bond motifs is 1. The monoisotopic (exact) mass is 194 g/mol. The Kier molecular flexibility index (Phi) is 1.98. The molecule has 1 saturated carbocycles. The van der Waals surface area contributed by atoms with Gasteiger partial charge in [-0.2, -0.15) is 0 Å². The van der Waals surface area contributed by atoms with E-state index in [9.17, 15) is 9.59 Å². The van der Waals surface area contributed by atoms with Crippen molar-refractivity contribution < 1.29 is 14.3 Å². The zero-order valence-corrected chi connectivity index (χ0v) is 8.34. The summed E-state index contributed by atoms with van der Waals surface area (Å²) in [6.45, 7) is 5.52. The van der Waals surface area contributed by atoms with Crippen molar-refractivity contribution in [2.24, 2.45) is 5.41 Å². The Morgan fingerprint density at radius 1 is 1.50 bits per heavy atom. The average molecular weight is 194 g/mol. The van der Waals surface area contributed by atoms with E-state index in [1.165, 1.54) is 0 Å². The second-order valence-corrected chi connectivity index (χ2v) is 4.41. The van der Waals surface area contributed by atoms with Crippen molar-refractivity contribution in [2.75, 3.05) is 0 Å². The normalized spacial score (nSPS) is 37.8. The third-order valence-corrected chi connectivity index (χ3v) is 3.34. The van der Waals surface area contributed by atoms with Crippen LogP contribution in [0.5, 0.6) is 0 Å². The lowest BCUT2D eigenvalue weighted by molar-refractivity contribution is -0.166. The van der Waals surface area contributed by atoms with Crippen LogP contribution in [0.2, 0.25) is 0 Å². The molecule has 76 valence electrons. The van der Waals surface area contributed by atoms with Gasteiger partial charge in [0.1, 0.15) is 11.9 Å². The molecular weight excluding hydrogens is 180 g/mol. The summed E-state index contributed by atoms with van der Waals surface area (Å²) >= 11 is 0. The van der Waals surface area contributed by atoms with E-state index in [0.29, 0.717) is 18.4 Å². The Morgan fingerprint density at radius 2 is 2.21 bits per heavy atom. The fourth-order valence-electron chi connectivity index (χ4n) is 2.36. The summed E-state index contributed by atoms with van der Waals surface area (Å²) in [5, 5.41) is 0. The van der Waals surface area contributed by atoms with Crippen LogP contribution in [-0.4, -0.2) is 17.9 Å². The molecule has 0 amide bonds. The van der Waals surface area contributed by atoms with E-state index in [1.807, 2.05) is 6.92 Å². The fraction of sp³-hybridized carbons (Fsp3) is 0.636. The lowest BCUT2D eigenvalue weighted by Crippen LogP contribution is -2.49. The quantitative estimate of drug-likeness (QED) is 0.434. The van der Waals surface area contributed by atoms with E-state index in [4.69, 9.17) is 4.74 Å². The lowest BCUT2D eigenvalue weighted by Gasteiger charge is -2.42. The molecule has 14 heavy (non-hydrogen) atoms. The Hall–Kier alpha value is -1.12. The molecule has 0 spiro atoms. The SMILES string of the molecule is C=C1C[C@]2(C)C(=O)CCC[C@H]2OC1=O. The van der Waals surface area contributed by atoms with E-state index in [-0.39, 0.29) is 17.9 Å². The molecule has 0 aromatic carbocycles. The second-order valence-electron chi connectivity index (χ2n) is 4.41. The van der Waals surface area contributed by atoms with Gasteiger partial charge in [0.15, 0.2) is 0 Å². The summed E-state index contributed by atoms with van der Waals surface area (Å²) in [6, 6.07) is 0. The molecule has 2 rings (SSSR count). The van der Waals surface area contributed by atoms with Gasteiger partial charge in [0, 0.05) is 12.0 Å². The van der Waals surface area contributed by atoms with Gasteiger partial charge < -0.3 is 4.74 Å². The third kappa shape index (κ3) is 1.19. The minimum atomic E-state index is -0.497. The molecule has 0 N–H and O–H groups in total. The number of Topliss-reactive ketones (excluding diaryl/α,β-unsaturated/α-hetero) is 1. The van der Waals surface area contributed by atoms with Crippen molar-refractivity contribution in [1.82, 2.24) is 0 Å². The maximum atomic E-state index is 11.8. The molecule has 3 heteroatoms. The van der Waals surface area contributed by atoms with Crippen LogP contribution in [0.25, 0.3) is 0 Å². The van der Waals surface area contributed by atoms with Crippen molar-refractivity contribution >= 4 is 11.8 Å². The van der Waals surface area contributed by atoms with Crippen LogP contribution in [-0.2, 0) is 14.3 Å². The number of carbonyl (C=O) groups is 2. The molecule has 2 atom stereocenters. The van der Waals surface area contributed by atoms with Crippen molar-refractivity contribution in [3.05, 3.63) is 12.2 Å². The Labute approximate surface area is 83.1 Å². The molecule has 3 nitrogen and oxygen atoms in total. The number of hydrogen-bond acceptors (Lipinski definition) is 3. The molecule has 0 bridgehead atoms. The zero-order chi connectivity index (χ0) is 10.3. The van der Waals surface area contributed by atoms with E-state index >= 15 is 0 Å². The van der Waals surface area contributed by atoms with Crippen LogP contribution in [0, 0.1) is 5.41 Å². The van der Waals surface area contributed by atoms with Gasteiger partial charge in [-0.05, 0) is 26.2 Å². The maximum Gasteiger partial charge on any atom is 0.333 e. The molecule has 0 unspecified atom stereocenters. The van der Waals surface area contributed by atoms with Crippen LogP contribution >= 0.6 is 0 Å². The van der Waals surface area contributed by atoms with Crippen LogP contribution < -0.4 is 0 Å². The standard InChI is InChI=1S/C11H14O3/c1-7-6-11(2)8(12)4-3-5-9(11)14-10(7)13/h9H,1,3-6H2,2H3/t9-,11-/m1/s1. The molecule has 2 aliphatic rings. The molecule has 1 heterocycles. The smallest absolute Gasteiger partial charge is 0.333 e. The Morgan fingerprint density at radius 3 is 2.93 bits per heavy atom. The highest BCUT2D eigenvalue weighted by Crippen LogP contribution is 2.43. The number of ketones is 1. The first kappa shape index (κ1) is 9.44. The summed E-state index contributed by atoms with van der Waals surface area (Å²) < 4.78 is 5.22. The topological polar surface area (TPSA) is 43.4 Å². The van der Waals surface area contributed by atoms with Crippen molar-refractivity contribution in [2.45, 2.75) is 38.7 Å². The minimum absolute atomic E-state index is 0.211. The van der Waals surface area contributed by atoms with Crippen LogP contribution in [0.15, 0.2) is 12.2 Å². The van der Waals surface area contributed by atoms with Crippen molar-refractivity contribution in [1.29, 1.82) is 0 Å². The average Bonchev–Trinajstić information content (AvgIpc) is 2.11. The largest absolute Gasteiger partial charge is 0.458 e. The second kappa shape index (κ2) is 2.94. The number of ether oxygens (including phenoxy) is 1. The van der Waals surface area contributed by atoms with E-state index < -0.39 is 5.41 Å². The van der Waals surface area contributed by atoms with E-state index in [2.05, 4.69) is 6.58 Å². The Balaban J connectivity index is 2.30. The molecule has 1 saturated heterocycles. The molecular formula is C11H14O3. The van der Waals surface area contributed by atoms with Gasteiger partial charge in [-0.3, -0.25) is 4.79 Å². The predicted octanol–water partition coefficient (Wildman–Crippen LogP) is 1.62. The number of esters is 1. The third-order valence-electron chi connectivity index (χ3n) is 3.34. The van der Waals surface area contributed by atoms with Crippen LogP contribution in [0.1, 0.15) is 32.6 Å². The summed E-state index contributed by atoms with van der Waals surface area (Å²) in [5.74, 6) is -0.121. The fourth-order valence-corrected chi connectivity index (χ4v) is 2.36. The molecule has 2 fully saturated rings. The van der Waals surface area contributed by atoms with Gasteiger partial charge >= 0.3 is 5.97 Å². The van der Waals surface area contributed by atoms with Gasteiger partial charge in [0.25, 0.3) is 0 Å². The molecule has 1 aliphatic carbocycles. The van der Waals surface area contributed by atoms with Gasteiger partial charge in [-0.25, -0.2) is 4.79 Å². The summed E-state index contributed by atoms with van der Waals surface area (Å²) in [6.07, 6.45) is 2.49. The first-order chi connectivity index (χ1) is 6.54. The summed E-state index contributed by atoms with van der Waals surface area (Å²) in [5.41, 5.74) is -0.0672. The zero-order valence-electron chi connectivity index (χ0n) is 8.34. The lowest BCUT2D eigenvalue weighted by atomic mass is 9.67. The van der Waals surface area contributed by atoms with Crippen LogP contribution in [0.4, 0.5) is 0 Å². The number of hydrogen-bond donors (Lipinski definition) is 0. The Bertz CT molecular complexity index is 318. The van der Waals surface area contributed by atoms with Gasteiger partial charge in [0.05, 0.1) is 5.41 Å². The number of carbonyl (C=O) groups excluding carboxylic acids is 2. The predicted molar refractivity (Wildman–Crippen MR) is 50.6 cm³/mol. The first-order valence-electron chi connectivity index (χ1n) is 4.96. The summed E-state index contributed by atoms with van der Waals surface area (Å²) in [7, 11) is 0. The summed E-state index contributed by atoms with van der Waals surface area (Å²) in [4.78, 5) is 23.0. The van der Waals surface area contributed by atoms with E-state index in [1.54, 1.807) is 0 Å². The molecule has 0 aromatic heterocycles. The highest BCUT2D eigenvalue weighted by Gasteiger charge is 2.49. The molecule has 0 radical (unpaired) electrons. The van der Waals surface area contributed by atoms with Crippen molar-refractivity contribution in [3.8, 4) is 0 Å². The van der Waals surface area contributed by atoms with Gasteiger partial charge in [-0.1, -0.05) is 6.58 Å². The van der Waals surface area contributed by atoms with Crippen molar-refractivity contribution in [3.63, 3.8) is 0 Å². The maximum absolute atomic E-state index is 11.8. The van der Waals surface area contributed by atoms with Gasteiger partial charge in [-0.15, -0.1) is 0 Å². The number of rotatable bonds is 0. The highest BCUT2D eigenvalue weighted by molar-refractivity contribution is 5.94. The molecule has 0 aromatic rings. The van der Waals surface area contributed by atoms with Crippen LogP contribution in [0.3, 0.4) is 0 Å². The molecule has 1 aliphatic heterocycles. The minimum Gasteiger partial charge on any atom is -0.458 e. The first-order valence-corrected chi connectivity index (χ1v) is 4.96. The van der Waals surface area contributed by atoms with Gasteiger partial charge in [0.2, 0.25) is 0 Å². The van der Waals surface area contributed by atoms with E-state index in [0.717, 1.165) is 12.8 Å².